The van der Waals surface area contributed by atoms with Gasteiger partial charge in [-0.05, 0) is 38.8 Å². The van der Waals surface area contributed by atoms with Crippen LogP contribution in [0.25, 0.3) is 0 Å². The molecule has 0 aliphatic heterocycles. The first-order chi connectivity index (χ1) is 12.6. The number of nitrogens with one attached hydrogen (secondary N) is 2. The van der Waals surface area contributed by atoms with Gasteiger partial charge in [0, 0.05) is 35.6 Å². The molecular weight excluding hydrogens is 336 g/mol. The van der Waals surface area contributed by atoms with Crippen molar-refractivity contribution in [2.45, 2.75) is 33.1 Å². The van der Waals surface area contributed by atoms with Crippen molar-refractivity contribution >= 4 is 23.4 Å². The molecule has 2 aromatic rings. The lowest BCUT2D eigenvalue weighted by Gasteiger charge is -2.13. The minimum absolute atomic E-state index is 0.248. The number of hydrogen-bond acceptors (Lipinski definition) is 6. The molecule has 2 N–H and O–H groups in total. The van der Waals surface area contributed by atoms with Gasteiger partial charge in [0.2, 0.25) is 0 Å². The molecule has 0 aromatic carbocycles. The monoisotopic (exact) mass is 356 g/mol. The fourth-order valence-corrected chi connectivity index (χ4v) is 2.90. The van der Waals surface area contributed by atoms with Crippen molar-refractivity contribution in [3.63, 3.8) is 0 Å². The Morgan fingerprint density at radius 3 is 2.81 bits per heavy atom. The Morgan fingerprint density at radius 2 is 2.08 bits per heavy atom. The number of pyridine rings is 1. The van der Waals surface area contributed by atoms with Crippen molar-refractivity contribution in [3.05, 3.63) is 47.2 Å². The first-order valence-electron chi connectivity index (χ1n) is 8.43. The van der Waals surface area contributed by atoms with Crippen LogP contribution in [-0.2, 0) is 11.2 Å². The quantitative estimate of drug-likeness (QED) is 0.819. The van der Waals surface area contributed by atoms with Crippen molar-refractivity contribution in [3.8, 4) is 0 Å². The number of carbonyl (C=O) groups excluding carboxylic acids is 2. The Labute approximate surface area is 150 Å². The predicted octanol–water partition coefficient (Wildman–Crippen LogP) is 3.02. The number of carbonyl (C=O) groups is 2. The maximum absolute atomic E-state index is 12.6. The molecule has 0 bridgehead atoms. The SMILES string of the molecule is CCOC(=O)N/N=C1\CCCc2oc(C(=O)Nc3ccncc3)c(C)c21. The average molecular weight is 356 g/mol. The normalized spacial score (nSPS) is 14.6. The maximum Gasteiger partial charge on any atom is 0.427 e. The number of hydrogen-bond donors (Lipinski definition) is 2. The lowest BCUT2D eigenvalue weighted by molar-refractivity contribution is 0.0994. The van der Waals surface area contributed by atoms with E-state index in [1.165, 1.54) is 0 Å². The second-order valence-electron chi connectivity index (χ2n) is 5.79. The van der Waals surface area contributed by atoms with Gasteiger partial charge in [-0.3, -0.25) is 9.78 Å². The zero-order valence-electron chi connectivity index (χ0n) is 14.7. The smallest absolute Gasteiger partial charge is 0.427 e. The van der Waals surface area contributed by atoms with Crippen LogP contribution < -0.4 is 10.7 Å². The molecule has 8 heteroatoms. The third kappa shape index (κ3) is 3.74. The number of rotatable bonds is 4. The van der Waals surface area contributed by atoms with Gasteiger partial charge in [-0.15, -0.1) is 0 Å². The number of fused-ring (bicyclic) bond motifs is 1. The number of aromatic nitrogens is 1. The molecule has 0 saturated heterocycles. The molecule has 26 heavy (non-hydrogen) atoms. The van der Waals surface area contributed by atoms with Gasteiger partial charge in [-0.1, -0.05) is 0 Å². The van der Waals surface area contributed by atoms with E-state index in [4.69, 9.17) is 9.15 Å². The number of furan rings is 1. The van der Waals surface area contributed by atoms with E-state index in [-0.39, 0.29) is 18.3 Å². The lowest BCUT2D eigenvalue weighted by atomic mass is 9.93. The Kier molecular flexibility index (Phi) is 5.31. The Hall–Kier alpha value is -3.16. The van der Waals surface area contributed by atoms with Crippen LogP contribution in [0.2, 0.25) is 0 Å². The van der Waals surface area contributed by atoms with Crippen LogP contribution in [0, 0.1) is 6.92 Å². The second-order valence-corrected chi connectivity index (χ2v) is 5.79. The van der Waals surface area contributed by atoms with E-state index >= 15 is 0 Å². The van der Waals surface area contributed by atoms with Crippen molar-refractivity contribution < 1.29 is 18.7 Å². The summed E-state index contributed by atoms with van der Waals surface area (Å²) in [6, 6.07) is 3.40. The van der Waals surface area contributed by atoms with Crippen LogP contribution in [0.4, 0.5) is 10.5 Å². The first kappa shape index (κ1) is 17.7. The van der Waals surface area contributed by atoms with Gasteiger partial charge in [0.25, 0.3) is 5.91 Å². The summed E-state index contributed by atoms with van der Waals surface area (Å²) in [4.78, 5) is 27.9. The number of aryl methyl sites for hydroxylation is 1. The fraction of sp³-hybridized carbons (Fsp3) is 0.333. The minimum atomic E-state index is -0.607. The van der Waals surface area contributed by atoms with Crippen molar-refractivity contribution in [1.29, 1.82) is 0 Å². The molecule has 1 aliphatic carbocycles. The van der Waals surface area contributed by atoms with Gasteiger partial charge < -0.3 is 14.5 Å². The van der Waals surface area contributed by atoms with E-state index in [0.29, 0.717) is 29.1 Å². The summed E-state index contributed by atoms with van der Waals surface area (Å²) in [5.74, 6) is 0.622. The Balaban J connectivity index is 1.84. The van der Waals surface area contributed by atoms with Gasteiger partial charge in [0.1, 0.15) is 5.76 Å². The molecule has 8 nitrogen and oxygen atoms in total. The predicted molar refractivity (Wildman–Crippen MR) is 95.3 cm³/mol. The molecule has 2 amide bonds. The largest absolute Gasteiger partial charge is 0.455 e. The number of hydrazone groups is 1. The lowest BCUT2D eigenvalue weighted by Crippen LogP contribution is -2.22. The molecule has 0 spiro atoms. The van der Waals surface area contributed by atoms with E-state index in [1.54, 1.807) is 31.5 Å². The number of anilines is 1. The van der Waals surface area contributed by atoms with E-state index in [0.717, 1.165) is 18.4 Å². The summed E-state index contributed by atoms with van der Waals surface area (Å²) in [5, 5.41) is 6.94. The average Bonchev–Trinajstić information content (AvgIpc) is 2.99. The first-order valence-corrected chi connectivity index (χ1v) is 8.43. The van der Waals surface area contributed by atoms with Crippen molar-refractivity contribution in [2.75, 3.05) is 11.9 Å². The molecule has 2 heterocycles. The van der Waals surface area contributed by atoms with Gasteiger partial charge in [0.15, 0.2) is 5.76 Å². The van der Waals surface area contributed by atoms with Crippen molar-refractivity contribution in [1.82, 2.24) is 10.4 Å². The van der Waals surface area contributed by atoms with Gasteiger partial charge >= 0.3 is 6.09 Å². The van der Waals surface area contributed by atoms with Gasteiger partial charge in [-0.2, -0.15) is 5.10 Å². The molecule has 0 saturated carbocycles. The molecular formula is C18H20N4O4. The van der Waals surface area contributed by atoms with Crippen molar-refractivity contribution in [2.24, 2.45) is 5.10 Å². The molecule has 1 aliphatic rings. The molecule has 3 rings (SSSR count). The highest BCUT2D eigenvalue weighted by Gasteiger charge is 2.28. The van der Waals surface area contributed by atoms with E-state index in [9.17, 15) is 9.59 Å². The molecule has 0 unspecified atom stereocenters. The van der Waals surface area contributed by atoms with Gasteiger partial charge in [0.05, 0.1) is 12.3 Å². The van der Waals surface area contributed by atoms with E-state index < -0.39 is 6.09 Å². The molecule has 0 radical (unpaired) electrons. The summed E-state index contributed by atoms with van der Waals surface area (Å²) < 4.78 is 10.6. The number of nitrogens with zero attached hydrogens (tertiary/aromatic N) is 2. The molecule has 2 aromatic heterocycles. The van der Waals surface area contributed by atoms with Crippen LogP contribution in [-0.4, -0.2) is 29.3 Å². The van der Waals surface area contributed by atoms with Crippen LogP contribution >= 0.6 is 0 Å². The Morgan fingerprint density at radius 1 is 1.31 bits per heavy atom. The highest BCUT2D eigenvalue weighted by molar-refractivity contribution is 6.09. The summed E-state index contributed by atoms with van der Waals surface area (Å²) in [6.45, 7) is 3.81. The second kappa shape index (κ2) is 7.81. The fourth-order valence-electron chi connectivity index (χ4n) is 2.90. The summed E-state index contributed by atoms with van der Waals surface area (Å²) in [6.07, 6.45) is 4.82. The minimum Gasteiger partial charge on any atom is -0.455 e. The van der Waals surface area contributed by atoms with Crippen LogP contribution in [0.3, 0.4) is 0 Å². The van der Waals surface area contributed by atoms with E-state index in [2.05, 4.69) is 20.8 Å². The summed E-state index contributed by atoms with van der Waals surface area (Å²) in [5.41, 5.74) is 5.19. The third-order valence-corrected chi connectivity index (χ3v) is 4.03. The van der Waals surface area contributed by atoms with Crippen LogP contribution in [0.1, 0.15) is 47.2 Å². The van der Waals surface area contributed by atoms with Crippen LogP contribution in [0.5, 0.6) is 0 Å². The molecule has 0 fully saturated rings. The number of ether oxygens (including phenoxy) is 1. The number of amides is 2. The van der Waals surface area contributed by atoms with Crippen LogP contribution in [0.15, 0.2) is 34.0 Å². The Bertz CT molecular complexity index is 842. The molecule has 0 atom stereocenters. The zero-order chi connectivity index (χ0) is 18.5. The summed E-state index contributed by atoms with van der Waals surface area (Å²) >= 11 is 0. The topological polar surface area (TPSA) is 106 Å². The maximum atomic E-state index is 12.6. The van der Waals surface area contributed by atoms with Gasteiger partial charge in [-0.25, -0.2) is 10.2 Å². The third-order valence-electron chi connectivity index (χ3n) is 4.03. The van der Waals surface area contributed by atoms with E-state index in [1.807, 2.05) is 6.92 Å². The highest BCUT2D eigenvalue weighted by atomic mass is 16.5. The zero-order valence-corrected chi connectivity index (χ0v) is 14.7. The molecule has 136 valence electrons. The standard InChI is InChI=1S/C18H20N4O4/c1-3-25-18(24)22-21-13-5-4-6-14-15(13)11(2)16(26-14)17(23)20-12-7-9-19-10-8-12/h7-10H,3-6H2,1-2H3,(H,22,24)(H,19,20,23)/b21-13+. The highest BCUT2D eigenvalue weighted by Crippen LogP contribution is 2.30. The summed E-state index contributed by atoms with van der Waals surface area (Å²) in [7, 11) is 0.